The van der Waals surface area contributed by atoms with Gasteiger partial charge in [-0.25, -0.2) is 0 Å². The third-order valence-corrected chi connectivity index (χ3v) is 6.10. The molecule has 0 fully saturated rings. The molecule has 0 saturated carbocycles. The van der Waals surface area contributed by atoms with Crippen LogP contribution in [0.2, 0.25) is 5.02 Å². The van der Waals surface area contributed by atoms with Crippen molar-refractivity contribution in [1.29, 1.82) is 5.26 Å². The van der Waals surface area contributed by atoms with Gasteiger partial charge in [-0.3, -0.25) is 9.36 Å². The normalized spacial score (nSPS) is 12.2. The van der Waals surface area contributed by atoms with E-state index in [-0.39, 0.29) is 28.2 Å². The van der Waals surface area contributed by atoms with Crippen LogP contribution in [-0.4, -0.2) is 26.3 Å². The van der Waals surface area contributed by atoms with Crippen molar-refractivity contribution < 1.29 is 4.79 Å². The lowest BCUT2D eigenvalue weighted by Crippen LogP contribution is -2.11. The minimum Gasteiger partial charge on any atom is -0.401 e. The van der Waals surface area contributed by atoms with Gasteiger partial charge in [0.1, 0.15) is 11.6 Å². The fourth-order valence-electron chi connectivity index (χ4n) is 3.09. The molecule has 0 unspecified atom stereocenters. The molecule has 164 valence electrons. The zero-order valence-electron chi connectivity index (χ0n) is 18.4. The summed E-state index contributed by atoms with van der Waals surface area (Å²) in [5.41, 5.74) is 8.63. The van der Waals surface area contributed by atoms with Gasteiger partial charge in [0, 0.05) is 11.3 Å². The molecule has 3 rings (SSSR count). The molecule has 0 saturated heterocycles. The van der Waals surface area contributed by atoms with Gasteiger partial charge < -0.3 is 5.73 Å². The standard InChI is InChI=1S/C24H24ClN5OS/c1-15(27)18(13-26)21(31)14-32-23-29-28-22(30(23)20-8-6-5-7-19(20)25)16-9-11-17(12-10-16)24(2,3)4/h5-12H,14,27H2,1-4H3/b18-15+. The molecule has 0 spiro atoms. The molecule has 0 aliphatic rings. The van der Waals surface area contributed by atoms with Gasteiger partial charge in [-0.1, -0.05) is 80.5 Å². The number of ketones is 1. The van der Waals surface area contributed by atoms with E-state index in [1.807, 2.05) is 41.0 Å². The highest BCUT2D eigenvalue weighted by Crippen LogP contribution is 2.32. The fourth-order valence-corrected chi connectivity index (χ4v) is 4.13. The van der Waals surface area contributed by atoms with E-state index in [2.05, 4.69) is 43.1 Å². The largest absolute Gasteiger partial charge is 0.401 e. The highest BCUT2D eigenvalue weighted by molar-refractivity contribution is 7.99. The van der Waals surface area contributed by atoms with Crippen molar-refractivity contribution in [2.24, 2.45) is 5.73 Å². The summed E-state index contributed by atoms with van der Waals surface area (Å²) in [5, 5.41) is 18.9. The van der Waals surface area contributed by atoms with Crippen LogP contribution in [0.5, 0.6) is 0 Å². The maximum absolute atomic E-state index is 12.4. The second-order valence-electron chi connectivity index (χ2n) is 8.30. The van der Waals surface area contributed by atoms with Gasteiger partial charge in [0.2, 0.25) is 0 Å². The summed E-state index contributed by atoms with van der Waals surface area (Å²) in [7, 11) is 0. The molecule has 0 amide bonds. The summed E-state index contributed by atoms with van der Waals surface area (Å²) >= 11 is 7.67. The first-order valence-electron chi connectivity index (χ1n) is 9.97. The highest BCUT2D eigenvalue weighted by atomic mass is 35.5. The maximum atomic E-state index is 12.4. The quantitative estimate of drug-likeness (QED) is 0.301. The lowest BCUT2D eigenvalue weighted by Gasteiger charge is -2.19. The number of benzene rings is 2. The molecule has 32 heavy (non-hydrogen) atoms. The first-order chi connectivity index (χ1) is 15.1. The number of carbonyl (C=O) groups excluding carboxylic acids is 1. The zero-order chi connectivity index (χ0) is 23.5. The van der Waals surface area contributed by atoms with E-state index in [1.165, 1.54) is 24.2 Å². The number of nitriles is 1. The van der Waals surface area contributed by atoms with Gasteiger partial charge in [0.15, 0.2) is 16.8 Å². The van der Waals surface area contributed by atoms with E-state index in [1.54, 1.807) is 6.07 Å². The Bertz CT molecular complexity index is 1210. The number of nitrogens with two attached hydrogens (primary N) is 1. The minimum absolute atomic E-state index is 0.00296. The van der Waals surface area contributed by atoms with Gasteiger partial charge >= 0.3 is 0 Å². The lowest BCUT2D eigenvalue weighted by molar-refractivity contribution is -0.112. The van der Waals surface area contributed by atoms with Crippen LogP contribution < -0.4 is 5.73 Å². The predicted octanol–water partition coefficient (Wildman–Crippen LogP) is 5.30. The summed E-state index contributed by atoms with van der Waals surface area (Å²) in [5.74, 6) is 0.255. The van der Waals surface area contributed by atoms with E-state index in [0.717, 1.165) is 5.56 Å². The van der Waals surface area contributed by atoms with E-state index in [4.69, 9.17) is 17.3 Å². The second-order valence-corrected chi connectivity index (χ2v) is 9.65. The topological polar surface area (TPSA) is 97.6 Å². The number of nitrogens with zero attached hydrogens (tertiary/aromatic N) is 4. The van der Waals surface area contributed by atoms with Gasteiger partial charge in [-0.2, -0.15) is 5.26 Å². The highest BCUT2D eigenvalue weighted by Gasteiger charge is 2.21. The van der Waals surface area contributed by atoms with Crippen LogP contribution in [0.3, 0.4) is 0 Å². The van der Waals surface area contributed by atoms with Crippen molar-refractivity contribution in [2.75, 3.05) is 5.75 Å². The third-order valence-electron chi connectivity index (χ3n) is 4.85. The summed E-state index contributed by atoms with van der Waals surface area (Å²) in [4.78, 5) is 12.4. The van der Waals surface area contributed by atoms with Crippen molar-refractivity contribution in [1.82, 2.24) is 14.8 Å². The molecule has 8 heteroatoms. The molecule has 0 aliphatic carbocycles. The Morgan fingerprint density at radius 1 is 1.16 bits per heavy atom. The Morgan fingerprint density at radius 2 is 1.81 bits per heavy atom. The third kappa shape index (κ3) is 5.04. The SMILES string of the molecule is C/C(N)=C(/C#N)C(=O)CSc1nnc(-c2ccc(C(C)(C)C)cc2)n1-c1ccccc1Cl. The Hall–Kier alpha value is -3.08. The van der Waals surface area contributed by atoms with E-state index in [0.29, 0.717) is 21.7 Å². The van der Waals surface area contributed by atoms with Crippen LogP contribution in [0.1, 0.15) is 33.3 Å². The van der Waals surface area contributed by atoms with E-state index < -0.39 is 0 Å². The van der Waals surface area contributed by atoms with Crippen LogP contribution in [0.25, 0.3) is 17.1 Å². The molecular weight excluding hydrogens is 442 g/mol. The number of allylic oxidation sites excluding steroid dienone is 2. The number of rotatable bonds is 6. The van der Waals surface area contributed by atoms with Crippen molar-refractivity contribution in [2.45, 2.75) is 38.3 Å². The molecule has 0 radical (unpaired) electrons. The number of aromatic nitrogens is 3. The molecule has 1 heterocycles. The van der Waals surface area contributed by atoms with Gasteiger partial charge in [-0.05, 0) is 30.0 Å². The van der Waals surface area contributed by atoms with Crippen LogP contribution in [0.15, 0.2) is 65.0 Å². The maximum Gasteiger partial charge on any atom is 0.196 e. The van der Waals surface area contributed by atoms with Crippen molar-refractivity contribution >= 4 is 29.1 Å². The van der Waals surface area contributed by atoms with E-state index >= 15 is 0 Å². The number of halogens is 1. The summed E-state index contributed by atoms with van der Waals surface area (Å²) in [6.07, 6.45) is 0. The molecule has 1 aromatic heterocycles. The molecular formula is C24H24ClN5OS. The minimum atomic E-state index is -0.359. The fraction of sp³-hybridized carbons (Fsp3) is 0.250. The Morgan fingerprint density at radius 3 is 2.38 bits per heavy atom. The van der Waals surface area contributed by atoms with Gasteiger partial charge in [0.05, 0.1) is 16.5 Å². The van der Waals surface area contributed by atoms with Gasteiger partial charge in [0.25, 0.3) is 0 Å². The lowest BCUT2D eigenvalue weighted by atomic mass is 9.87. The smallest absolute Gasteiger partial charge is 0.196 e. The number of para-hydroxylation sites is 1. The van der Waals surface area contributed by atoms with Gasteiger partial charge in [-0.15, -0.1) is 10.2 Å². The second kappa shape index (κ2) is 9.60. The Kier molecular flexibility index (Phi) is 7.07. The predicted molar refractivity (Wildman–Crippen MR) is 129 cm³/mol. The van der Waals surface area contributed by atoms with Crippen LogP contribution >= 0.6 is 23.4 Å². The van der Waals surface area contributed by atoms with Crippen LogP contribution in [-0.2, 0) is 10.2 Å². The molecule has 0 aliphatic heterocycles. The number of hydrogen-bond acceptors (Lipinski definition) is 6. The molecule has 0 atom stereocenters. The van der Waals surface area contributed by atoms with E-state index in [9.17, 15) is 10.1 Å². The van der Waals surface area contributed by atoms with Crippen LogP contribution in [0, 0.1) is 11.3 Å². The van der Waals surface area contributed by atoms with Crippen LogP contribution in [0.4, 0.5) is 0 Å². The molecule has 3 aromatic rings. The first kappa shape index (κ1) is 23.6. The first-order valence-corrected chi connectivity index (χ1v) is 11.3. The number of thioether (sulfide) groups is 1. The number of hydrogen-bond donors (Lipinski definition) is 1. The number of Topliss-reactive ketones (excluding diaryl/α,β-unsaturated/α-hetero) is 1. The Labute approximate surface area is 197 Å². The zero-order valence-corrected chi connectivity index (χ0v) is 20.0. The Balaban J connectivity index is 2.04. The summed E-state index contributed by atoms with van der Waals surface area (Å²) in [6.45, 7) is 8.01. The molecule has 2 N–H and O–H groups in total. The van der Waals surface area contributed by atoms with Crippen molar-refractivity contribution in [3.05, 3.63) is 70.4 Å². The number of carbonyl (C=O) groups is 1. The molecule has 6 nitrogen and oxygen atoms in total. The molecule has 2 aromatic carbocycles. The average Bonchev–Trinajstić information content (AvgIpc) is 3.16. The average molecular weight is 466 g/mol. The monoisotopic (exact) mass is 465 g/mol. The van der Waals surface area contributed by atoms with Crippen molar-refractivity contribution in [3.8, 4) is 23.1 Å². The summed E-state index contributed by atoms with van der Waals surface area (Å²) in [6, 6.07) is 17.4. The summed E-state index contributed by atoms with van der Waals surface area (Å²) < 4.78 is 1.83. The van der Waals surface area contributed by atoms with Crippen molar-refractivity contribution in [3.63, 3.8) is 0 Å². The molecule has 0 bridgehead atoms.